The average molecular weight is 514 g/mol. The Balaban J connectivity index is 0.00000334. The van der Waals surface area contributed by atoms with Crippen molar-refractivity contribution < 1.29 is 29.0 Å². The zero-order valence-corrected chi connectivity index (χ0v) is 22.4. The molecule has 0 aliphatic heterocycles. The molecule has 37 heavy (non-hydrogen) atoms. The molecule has 0 aromatic heterocycles. The van der Waals surface area contributed by atoms with E-state index in [1.165, 1.54) is 16.9 Å². The van der Waals surface area contributed by atoms with Gasteiger partial charge in [-0.25, -0.2) is 0 Å². The van der Waals surface area contributed by atoms with E-state index in [0.29, 0.717) is 30.3 Å². The van der Waals surface area contributed by atoms with E-state index in [2.05, 4.69) is 5.32 Å². The van der Waals surface area contributed by atoms with Crippen LogP contribution in [0.1, 0.15) is 50.9 Å². The van der Waals surface area contributed by atoms with E-state index in [9.17, 15) is 19.2 Å². The number of benzene rings is 2. The molecule has 0 saturated heterocycles. The van der Waals surface area contributed by atoms with E-state index in [0.717, 1.165) is 0 Å². The third-order valence-electron chi connectivity index (χ3n) is 5.27. The number of amides is 3. The third-order valence-corrected chi connectivity index (χ3v) is 5.27. The second-order valence-corrected chi connectivity index (χ2v) is 8.48. The van der Waals surface area contributed by atoms with E-state index in [1.807, 2.05) is 33.8 Å². The summed E-state index contributed by atoms with van der Waals surface area (Å²) >= 11 is 0. The molecule has 0 unspecified atom stereocenters. The lowest BCUT2D eigenvalue weighted by molar-refractivity contribution is -0.138. The van der Waals surface area contributed by atoms with Gasteiger partial charge in [-0.15, -0.1) is 0 Å². The van der Waals surface area contributed by atoms with Gasteiger partial charge in [0.25, 0.3) is 5.91 Å². The van der Waals surface area contributed by atoms with Crippen LogP contribution in [0.15, 0.2) is 54.6 Å². The molecular formula is C28H39N3O6. The number of aliphatic carboxylic acids is 1. The highest BCUT2D eigenvalue weighted by Gasteiger charge is 2.26. The number of carbonyl (C=O) groups is 4. The molecule has 0 heterocycles. The summed E-state index contributed by atoms with van der Waals surface area (Å²) < 4.78 is 5.26. The summed E-state index contributed by atoms with van der Waals surface area (Å²) in [6, 6.07) is 15.5. The second-order valence-electron chi connectivity index (χ2n) is 8.48. The van der Waals surface area contributed by atoms with Gasteiger partial charge in [0.2, 0.25) is 11.8 Å². The predicted molar refractivity (Wildman–Crippen MR) is 144 cm³/mol. The highest BCUT2D eigenvalue weighted by atomic mass is 16.5. The number of hydrogen-bond donors (Lipinski definition) is 2. The Morgan fingerprint density at radius 2 is 1.51 bits per heavy atom. The normalized spacial score (nSPS) is 10.1. The maximum Gasteiger partial charge on any atom is 0.305 e. The summed E-state index contributed by atoms with van der Waals surface area (Å²) in [5, 5.41) is 11.9. The van der Waals surface area contributed by atoms with E-state index in [4.69, 9.17) is 9.84 Å². The molecule has 9 nitrogen and oxygen atoms in total. The highest BCUT2D eigenvalue weighted by Crippen LogP contribution is 2.20. The Kier molecular flexibility index (Phi) is 14.1. The largest absolute Gasteiger partial charge is 0.496 e. The molecular weight excluding hydrogens is 474 g/mol. The van der Waals surface area contributed by atoms with Crippen LogP contribution in [0, 0.1) is 5.92 Å². The van der Waals surface area contributed by atoms with Crippen LogP contribution in [0.5, 0.6) is 5.75 Å². The van der Waals surface area contributed by atoms with Crippen LogP contribution >= 0.6 is 0 Å². The minimum atomic E-state index is -1.09. The lowest BCUT2D eigenvalue weighted by Gasteiger charge is -2.28. The number of para-hydroxylation sites is 2. The van der Waals surface area contributed by atoms with Crippen LogP contribution in [0.3, 0.4) is 0 Å². The zero-order chi connectivity index (χ0) is 27.8. The standard InChI is InChI=1S/C26H33N3O6.C2H6/c1-19(2)13-15-28(17-23(30)27-20-9-5-4-6-10-20)24(31)18-29(16-14-25(32)33)26(34)21-11-7-8-12-22(21)35-3;1-2/h4-12,19H,13-18H2,1-3H3,(H,27,30)(H,32,33);1-2H3. The van der Waals surface area contributed by atoms with Crippen LogP contribution in [-0.2, 0) is 14.4 Å². The number of ether oxygens (including phenoxy) is 1. The quantitative estimate of drug-likeness (QED) is 0.416. The van der Waals surface area contributed by atoms with Crippen molar-refractivity contribution in [3.05, 3.63) is 60.2 Å². The van der Waals surface area contributed by atoms with Gasteiger partial charge >= 0.3 is 5.97 Å². The van der Waals surface area contributed by atoms with Gasteiger partial charge in [0.1, 0.15) is 12.3 Å². The van der Waals surface area contributed by atoms with Crippen molar-refractivity contribution in [2.45, 2.75) is 40.5 Å². The Hall–Kier alpha value is -3.88. The number of carboxylic acid groups (broad SMARTS) is 1. The Morgan fingerprint density at radius 1 is 0.892 bits per heavy atom. The molecule has 0 bridgehead atoms. The fourth-order valence-electron chi connectivity index (χ4n) is 3.34. The number of nitrogens with one attached hydrogen (secondary N) is 1. The van der Waals surface area contributed by atoms with Gasteiger partial charge in [-0.05, 0) is 36.6 Å². The molecule has 0 saturated carbocycles. The lowest BCUT2D eigenvalue weighted by Crippen LogP contribution is -2.46. The predicted octanol–water partition coefficient (Wildman–Crippen LogP) is 4.15. The molecule has 2 aromatic rings. The minimum Gasteiger partial charge on any atom is -0.496 e. The fourth-order valence-corrected chi connectivity index (χ4v) is 3.34. The summed E-state index contributed by atoms with van der Waals surface area (Å²) in [5.74, 6) is -1.79. The molecule has 0 radical (unpaired) electrons. The van der Waals surface area contributed by atoms with Gasteiger partial charge in [0.15, 0.2) is 0 Å². The monoisotopic (exact) mass is 513 g/mol. The van der Waals surface area contributed by atoms with E-state index < -0.39 is 17.8 Å². The number of nitrogens with zero attached hydrogens (tertiary/aromatic N) is 2. The van der Waals surface area contributed by atoms with Crippen LogP contribution in [-0.4, -0.2) is 71.9 Å². The average Bonchev–Trinajstić information content (AvgIpc) is 2.89. The van der Waals surface area contributed by atoms with Crippen molar-refractivity contribution in [3.63, 3.8) is 0 Å². The van der Waals surface area contributed by atoms with Crippen molar-refractivity contribution in [1.29, 1.82) is 0 Å². The number of carboxylic acids is 1. The number of hydrogen-bond acceptors (Lipinski definition) is 5. The van der Waals surface area contributed by atoms with Crippen LogP contribution < -0.4 is 10.1 Å². The Morgan fingerprint density at radius 3 is 2.11 bits per heavy atom. The zero-order valence-electron chi connectivity index (χ0n) is 22.4. The molecule has 2 N–H and O–H groups in total. The van der Waals surface area contributed by atoms with Gasteiger partial charge in [0.05, 0.1) is 25.6 Å². The van der Waals surface area contributed by atoms with Crippen LogP contribution in [0.4, 0.5) is 5.69 Å². The first kappa shape index (κ1) is 31.2. The van der Waals surface area contributed by atoms with Gasteiger partial charge in [-0.1, -0.05) is 58.0 Å². The molecule has 3 amide bonds. The van der Waals surface area contributed by atoms with Gasteiger partial charge in [-0.3, -0.25) is 19.2 Å². The van der Waals surface area contributed by atoms with E-state index >= 15 is 0 Å². The second kappa shape index (κ2) is 16.7. The molecule has 2 rings (SSSR count). The number of methoxy groups -OCH3 is 1. The molecule has 0 atom stereocenters. The molecule has 0 spiro atoms. The molecule has 0 aliphatic carbocycles. The smallest absolute Gasteiger partial charge is 0.305 e. The summed E-state index contributed by atoms with van der Waals surface area (Å²) in [5.41, 5.74) is 0.840. The number of rotatable bonds is 13. The summed E-state index contributed by atoms with van der Waals surface area (Å²) in [6.07, 6.45) is 0.342. The maximum atomic E-state index is 13.3. The first-order valence-electron chi connectivity index (χ1n) is 12.5. The molecule has 2 aromatic carbocycles. The van der Waals surface area contributed by atoms with Crippen molar-refractivity contribution in [3.8, 4) is 5.75 Å². The van der Waals surface area contributed by atoms with Gasteiger partial charge in [0, 0.05) is 18.8 Å². The van der Waals surface area contributed by atoms with Crippen molar-refractivity contribution in [2.24, 2.45) is 5.92 Å². The maximum absolute atomic E-state index is 13.3. The lowest BCUT2D eigenvalue weighted by atomic mass is 10.1. The van der Waals surface area contributed by atoms with E-state index in [-0.39, 0.29) is 37.5 Å². The molecule has 0 fully saturated rings. The SMILES string of the molecule is CC.COc1ccccc1C(=O)N(CCC(=O)O)CC(=O)N(CCC(C)C)CC(=O)Nc1ccccc1. The summed E-state index contributed by atoms with van der Waals surface area (Å²) in [6.45, 7) is 7.64. The van der Waals surface area contributed by atoms with Crippen LogP contribution in [0.2, 0.25) is 0 Å². The molecule has 202 valence electrons. The van der Waals surface area contributed by atoms with Gasteiger partial charge < -0.3 is 25.0 Å². The fraction of sp³-hybridized carbons (Fsp3) is 0.429. The first-order valence-corrected chi connectivity index (χ1v) is 12.5. The summed E-state index contributed by atoms with van der Waals surface area (Å²) in [7, 11) is 1.43. The van der Waals surface area contributed by atoms with Crippen molar-refractivity contribution >= 4 is 29.4 Å². The van der Waals surface area contributed by atoms with Crippen molar-refractivity contribution in [2.75, 3.05) is 38.6 Å². The van der Waals surface area contributed by atoms with Crippen molar-refractivity contribution in [1.82, 2.24) is 9.80 Å². The third kappa shape index (κ3) is 11.2. The topological polar surface area (TPSA) is 116 Å². The Bertz CT molecular complexity index is 1010. The molecule has 0 aliphatic rings. The highest BCUT2D eigenvalue weighted by molar-refractivity contribution is 6.00. The number of anilines is 1. The minimum absolute atomic E-state index is 0.161. The number of carbonyl (C=O) groups excluding carboxylic acids is 3. The van der Waals surface area contributed by atoms with E-state index in [1.54, 1.807) is 48.5 Å². The molecule has 9 heteroatoms. The summed E-state index contributed by atoms with van der Waals surface area (Å²) in [4.78, 5) is 52.9. The van der Waals surface area contributed by atoms with Gasteiger partial charge in [-0.2, -0.15) is 0 Å². The first-order chi connectivity index (χ1) is 17.7. The Labute approximate surface area is 219 Å². The van der Waals surface area contributed by atoms with Crippen LogP contribution in [0.25, 0.3) is 0 Å².